The van der Waals surface area contributed by atoms with Crippen LogP contribution < -0.4 is 5.32 Å². The third-order valence-corrected chi connectivity index (χ3v) is 5.51. The average Bonchev–Trinajstić information content (AvgIpc) is 3.29. The Morgan fingerprint density at radius 1 is 1.30 bits per heavy atom. The first-order valence-electron chi connectivity index (χ1n) is 8.79. The fourth-order valence-electron chi connectivity index (χ4n) is 3.02. The Kier molecular flexibility index (Phi) is 4.39. The molecule has 3 heterocycles. The fraction of sp³-hybridized carbons (Fsp3) is 0.389. The van der Waals surface area contributed by atoms with Gasteiger partial charge in [-0.25, -0.2) is 14.5 Å². The molecule has 0 radical (unpaired) electrons. The summed E-state index contributed by atoms with van der Waals surface area (Å²) in [5.74, 6) is -0.255. The molecule has 1 aliphatic rings. The number of fused-ring (bicyclic) bond motifs is 1. The lowest BCUT2D eigenvalue weighted by atomic mass is 10.1. The Hall–Kier alpha value is -2.81. The number of rotatable bonds is 5. The zero-order valence-electron chi connectivity index (χ0n) is 15.3. The number of aryl methyl sites for hydroxylation is 1. The lowest BCUT2D eigenvalue weighted by molar-refractivity contribution is -0.127. The third-order valence-electron chi connectivity index (χ3n) is 4.49. The molecule has 9 heteroatoms. The second kappa shape index (κ2) is 6.73. The van der Waals surface area contributed by atoms with Crippen molar-refractivity contribution in [1.29, 1.82) is 0 Å². The van der Waals surface area contributed by atoms with E-state index in [2.05, 4.69) is 20.6 Å². The van der Waals surface area contributed by atoms with E-state index in [9.17, 15) is 9.59 Å². The van der Waals surface area contributed by atoms with Gasteiger partial charge in [0.05, 0.1) is 22.5 Å². The molecule has 1 aliphatic heterocycles. The van der Waals surface area contributed by atoms with Crippen LogP contribution in [0.3, 0.4) is 0 Å². The zero-order valence-corrected chi connectivity index (χ0v) is 16.2. The molecule has 0 aliphatic carbocycles. The summed E-state index contributed by atoms with van der Waals surface area (Å²) in [7, 11) is 0. The first-order chi connectivity index (χ1) is 12.9. The van der Waals surface area contributed by atoms with Gasteiger partial charge in [-0.3, -0.25) is 9.69 Å². The van der Waals surface area contributed by atoms with E-state index < -0.39 is 12.1 Å². The second-order valence-electron chi connectivity index (χ2n) is 6.99. The molecule has 2 aromatic heterocycles. The molecule has 0 spiro atoms. The molecule has 1 unspecified atom stereocenters. The molecule has 1 N–H and O–H groups in total. The minimum absolute atomic E-state index is 0.179. The SMILES string of the molecule is Cc1ccc2sc(CN3C(=O)NC(Cc4cn(C(C)C)nn4)C3=O)nc2c1. The average molecular weight is 384 g/mol. The first kappa shape index (κ1) is 17.6. The molecular formula is C18H20N6O2S. The zero-order chi connectivity index (χ0) is 19.1. The number of aromatic nitrogens is 4. The highest BCUT2D eigenvalue weighted by Crippen LogP contribution is 2.25. The Labute approximate surface area is 160 Å². The van der Waals surface area contributed by atoms with E-state index in [0.717, 1.165) is 20.8 Å². The van der Waals surface area contributed by atoms with Crippen LogP contribution in [-0.2, 0) is 17.8 Å². The third kappa shape index (κ3) is 3.42. The highest BCUT2D eigenvalue weighted by Gasteiger charge is 2.38. The van der Waals surface area contributed by atoms with E-state index in [-0.39, 0.29) is 18.5 Å². The van der Waals surface area contributed by atoms with Crippen molar-refractivity contribution in [3.63, 3.8) is 0 Å². The Morgan fingerprint density at radius 2 is 2.11 bits per heavy atom. The van der Waals surface area contributed by atoms with Gasteiger partial charge in [-0.1, -0.05) is 11.3 Å². The van der Waals surface area contributed by atoms with E-state index in [1.54, 1.807) is 4.68 Å². The Morgan fingerprint density at radius 3 is 2.85 bits per heavy atom. The van der Waals surface area contributed by atoms with Crippen LogP contribution in [-0.4, -0.2) is 42.9 Å². The highest BCUT2D eigenvalue weighted by atomic mass is 32.1. The normalized spacial score (nSPS) is 17.3. The number of hydrogen-bond acceptors (Lipinski definition) is 6. The number of nitrogens with zero attached hydrogens (tertiary/aromatic N) is 5. The molecule has 8 nitrogen and oxygen atoms in total. The van der Waals surface area contributed by atoms with Crippen LogP contribution in [0.25, 0.3) is 10.2 Å². The summed E-state index contributed by atoms with van der Waals surface area (Å²) in [5.41, 5.74) is 2.70. The number of carbonyl (C=O) groups excluding carboxylic acids is 2. The molecule has 1 fully saturated rings. The number of nitrogens with one attached hydrogen (secondary N) is 1. The van der Waals surface area contributed by atoms with Crippen molar-refractivity contribution in [3.8, 4) is 0 Å². The van der Waals surface area contributed by atoms with E-state index >= 15 is 0 Å². The smallest absolute Gasteiger partial charge is 0.325 e. The number of carbonyl (C=O) groups is 2. The van der Waals surface area contributed by atoms with Crippen LogP contribution in [0, 0.1) is 6.92 Å². The maximum atomic E-state index is 12.7. The Bertz CT molecular complexity index is 1020. The van der Waals surface area contributed by atoms with Crippen molar-refractivity contribution in [3.05, 3.63) is 40.7 Å². The van der Waals surface area contributed by atoms with Crippen LogP contribution in [0.15, 0.2) is 24.4 Å². The summed E-state index contributed by atoms with van der Waals surface area (Å²) < 4.78 is 2.78. The summed E-state index contributed by atoms with van der Waals surface area (Å²) in [4.78, 5) is 30.8. The fourth-order valence-corrected chi connectivity index (χ4v) is 3.96. The van der Waals surface area contributed by atoms with Gasteiger partial charge in [0.1, 0.15) is 11.0 Å². The first-order valence-corrected chi connectivity index (χ1v) is 9.61. The largest absolute Gasteiger partial charge is 0.325 e. The summed E-state index contributed by atoms with van der Waals surface area (Å²) in [6, 6.07) is 5.22. The minimum atomic E-state index is -0.619. The predicted molar refractivity (Wildman–Crippen MR) is 101 cm³/mol. The van der Waals surface area contributed by atoms with Crippen molar-refractivity contribution >= 4 is 33.5 Å². The molecule has 1 saturated heterocycles. The van der Waals surface area contributed by atoms with Crippen molar-refractivity contribution in [2.24, 2.45) is 0 Å². The lowest BCUT2D eigenvalue weighted by Crippen LogP contribution is -2.32. The molecule has 27 heavy (non-hydrogen) atoms. The number of urea groups is 1. The van der Waals surface area contributed by atoms with Crippen molar-refractivity contribution in [2.45, 2.75) is 45.8 Å². The van der Waals surface area contributed by atoms with Gasteiger partial charge < -0.3 is 5.32 Å². The van der Waals surface area contributed by atoms with E-state index in [1.165, 1.54) is 16.2 Å². The standard InChI is InChI=1S/C18H20N6O2S/c1-10(2)24-8-12(21-22-24)7-14-17(25)23(18(26)20-14)9-16-19-13-6-11(3)4-5-15(13)27-16/h4-6,8,10,14H,7,9H2,1-3H3,(H,20,26). The predicted octanol–water partition coefficient (Wildman–Crippen LogP) is 2.44. The molecule has 3 amide bonds. The van der Waals surface area contributed by atoms with Crippen LogP contribution in [0.1, 0.15) is 36.2 Å². The summed E-state index contributed by atoms with van der Waals surface area (Å²) in [5, 5.41) is 11.6. The van der Waals surface area contributed by atoms with E-state index in [0.29, 0.717) is 12.1 Å². The van der Waals surface area contributed by atoms with Crippen LogP contribution >= 0.6 is 11.3 Å². The molecule has 1 aromatic carbocycles. The molecule has 4 rings (SSSR count). The number of amides is 3. The molecule has 1 atom stereocenters. The highest BCUT2D eigenvalue weighted by molar-refractivity contribution is 7.18. The van der Waals surface area contributed by atoms with Crippen molar-refractivity contribution in [1.82, 2.24) is 30.2 Å². The maximum absolute atomic E-state index is 12.7. The van der Waals surface area contributed by atoms with Gasteiger partial charge in [0.2, 0.25) is 0 Å². The summed E-state index contributed by atoms with van der Waals surface area (Å²) in [6.45, 7) is 6.19. The van der Waals surface area contributed by atoms with E-state index in [1.807, 2.05) is 45.2 Å². The minimum Gasteiger partial charge on any atom is -0.325 e. The van der Waals surface area contributed by atoms with Gasteiger partial charge in [-0.05, 0) is 38.5 Å². The number of hydrogen-bond donors (Lipinski definition) is 1. The second-order valence-corrected chi connectivity index (χ2v) is 8.11. The Balaban J connectivity index is 1.48. The van der Waals surface area contributed by atoms with E-state index in [4.69, 9.17) is 0 Å². The van der Waals surface area contributed by atoms with Crippen molar-refractivity contribution < 1.29 is 9.59 Å². The van der Waals surface area contributed by atoms with Gasteiger partial charge in [-0.15, -0.1) is 16.4 Å². The molecular weight excluding hydrogens is 364 g/mol. The van der Waals surface area contributed by atoms with Gasteiger partial charge in [-0.2, -0.15) is 0 Å². The van der Waals surface area contributed by atoms with Crippen LogP contribution in [0.5, 0.6) is 0 Å². The number of imide groups is 1. The lowest BCUT2D eigenvalue weighted by Gasteiger charge is -2.10. The monoisotopic (exact) mass is 384 g/mol. The van der Waals surface area contributed by atoms with Crippen LogP contribution in [0.2, 0.25) is 0 Å². The summed E-state index contributed by atoms with van der Waals surface area (Å²) in [6.07, 6.45) is 2.13. The molecule has 140 valence electrons. The quantitative estimate of drug-likeness (QED) is 0.682. The van der Waals surface area contributed by atoms with Gasteiger partial charge in [0, 0.05) is 18.7 Å². The molecule has 0 saturated carbocycles. The molecule has 3 aromatic rings. The van der Waals surface area contributed by atoms with Crippen LogP contribution in [0.4, 0.5) is 4.79 Å². The van der Waals surface area contributed by atoms with Crippen molar-refractivity contribution in [2.75, 3.05) is 0 Å². The van der Waals surface area contributed by atoms with Gasteiger partial charge >= 0.3 is 6.03 Å². The van der Waals surface area contributed by atoms with Gasteiger partial charge in [0.15, 0.2) is 0 Å². The topological polar surface area (TPSA) is 93.0 Å². The maximum Gasteiger partial charge on any atom is 0.325 e. The number of thiazole rings is 1. The molecule has 0 bridgehead atoms. The number of benzene rings is 1. The summed E-state index contributed by atoms with van der Waals surface area (Å²) >= 11 is 1.50. The van der Waals surface area contributed by atoms with Gasteiger partial charge in [0.25, 0.3) is 5.91 Å².